The number of carboxylic acids is 1. The lowest BCUT2D eigenvalue weighted by Crippen LogP contribution is -2.58. The Bertz CT molecular complexity index is 941. The number of carbonyl (C=O) groups is 1. The lowest BCUT2D eigenvalue weighted by Gasteiger charge is -2.42. The number of hydrogen-bond donors (Lipinski definition) is 1. The molecule has 1 heterocycles. The Labute approximate surface area is 172 Å². The number of thioether (sulfide) groups is 1. The highest BCUT2D eigenvalue weighted by molar-refractivity contribution is 9.10. The third kappa shape index (κ3) is 4.08. The van der Waals surface area contributed by atoms with Crippen molar-refractivity contribution in [3.05, 3.63) is 53.0 Å². The van der Waals surface area contributed by atoms with Crippen LogP contribution in [0, 0.1) is 0 Å². The highest BCUT2D eigenvalue weighted by atomic mass is 79.9. The summed E-state index contributed by atoms with van der Waals surface area (Å²) in [5.41, 5.74) is 1.87. The molecule has 8 heteroatoms. The van der Waals surface area contributed by atoms with Gasteiger partial charge in [-0.25, -0.2) is 8.42 Å². The Morgan fingerprint density at radius 2 is 1.63 bits per heavy atom. The van der Waals surface area contributed by atoms with Gasteiger partial charge in [0.1, 0.15) is 6.04 Å². The number of halogens is 1. The van der Waals surface area contributed by atoms with E-state index < -0.39 is 26.8 Å². The number of benzene rings is 2. The Morgan fingerprint density at radius 3 is 2.15 bits per heavy atom. The van der Waals surface area contributed by atoms with Crippen molar-refractivity contribution in [2.45, 2.75) is 29.5 Å². The summed E-state index contributed by atoms with van der Waals surface area (Å²) in [4.78, 5) is 11.9. The molecule has 1 fully saturated rings. The Morgan fingerprint density at radius 1 is 1.11 bits per heavy atom. The third-order valence-electron chi connectivity index (χ3n) is 4.60. The summed E-state index contributed by atoms with van der Waals surface area (Å²) in [5, 5.41) is 9.65. The van der Waals surface area contributed by atoms with E-state index >= 15 is 0 Å². The van der Waals surface area contributed by atoms with Crippen LogP contribution >= 0.6 is 27.7 Å². The van der Waals surface area contributed by atoms with Crippen molar-refractivity contribution in [2.75, 3.05) is 12.3 Å². The molecule has 1 saturated heterocycles. The van der Waals surface area contributed by atoms with Gasteiger partial charge in [-0.15, -0.1) is 0 Å². The van der Waals surface area contributed by atoms with E-state index in [9.17, 15) is 18.3 Å². The second-order valence-electron chi connectivity index (χ2n) is 6.84. The normalized spacial score (nSPS) is 20.3. The van der Waals surface area contributed by atoms with Crippen LogP contribution in [0.5, 0.6) is 0 Å². The first-order chi connectivity index (χ1) is 12.6. The van der Waals surface area contributed by atoms with Gasteiger partial charge in [-0.1, -0.05) is 40.2 Å². The monoisotopic (exact) mass is 469 g/mol. The van der Waals surface area contributed by atoms with Crippen LogP contribution in [-0.2, 0) is 14.8 Å². The molecule has 0 aliphatic carbocycles. The highest BCUT2D eigenvalue weighted by Crippen LogP contribution is 2.38. The molecule has 1 aliphatic heterocycles. The zero-order chi connectivity index (χ0) is 19.8. The van der Waals surface area contributed by atoms with E-state index in [0.717, 1.165) is 19.9 Å². The molecular weight excluding hydrogens is 450 g/mol. The summed E-state index contributed by atoms with van der Waals surface area (Å²) in [7, 11) is -3.90. The maximum absolute atomic E-state index is 13.1. The van der Waals surface area contributed by atoms with E-state index in [2.05, 4.69) is 15.9 Å². The molecule has 0 aromatic heterocycles. The van der Waals surface area contributed by atoms with Gasteiger partial charge in [-0.3, -0.25) is 4.79 Å². The highest BCUT2D eigenvalue weighted by Gasteiger charge is 2.48. The smallest absolute Gasteiger partial charge is 0.323 e. The lowest BCUT2D eigenvalue weighted by molar-refractivity contribution is -0.142. The van der Waals surface area contributed by atoms with Gasteiger partial charge in [0.25, 0.3) is 0 Å². The quantitative estimate of drug-likeness (QED) is 0.729. The minimum absolute atomic E-state index is 0.109. The van der Waals surface area contributed by atoms with Gasteiger partial charge < -0.3 is 5.11 Å². The molecule has 0 radical (unpaired) electrons. The summed E-state index contributed by atoms with van der Waals surface area (Å²) >= 11 is 4.87. The molecule has 3 rings (SSSR count). The number of rotatable bonds is 4. The minimum atomic E-state index is -3.90. The zero-order valence-corrected chi connectivity index (χ0v) is 18.1. The molecule has 0 saturated carbocycles. The first-order valence-corrected chi connectivity index (χ1v) is 11.6. The molecule has 2 aromatic rings. The average Bonchev–Trinajstić information content (AvgIpc) is 2.61. The average molecular weight is 470 g/mol. The molecule has 1 atom stereocenters. The van der Waals surface area contributed by atoms with E-state index in [-0.39, 0.29) is 11.4 Å². The Balaban J connectivity index is 1.94. The second kappa shape index (κ2) is 7.58. The fourth-order valence-electron chi connectivity index (χ4n) is 3.23. The summed E-state index contributed by atoms with van der Waals surface area (Å²) < 4.78 is 27.7. The molecule has 0 amide bonds. The van der Waals surface area contributed by atoms with E-state index in [0.29, 0.717) is 5.75 Å². The third-order valence-corrected chi connectivity index (χ3v) is 8.37. The SMILES string of the molecule is CC1(C)SCCN(S(=O)(=O)c2ccc(-c3ccc(Br)cc3)cc2)C1C(=O)O. The van der Waals surface area contributed by atoms with Gasteiger partial charge in [-0.05, 0) is 49.2 Å². The van der Waals surface area contributed by atoms with Crippen LogP contribution in [0.25, 0.3) is 11.1 Å². The number of carboxylic acid groups (broad SMARTS) is 1. The standard InChI is InChI=1S/C19H20BrNO4S2/c1-19(2)17(18(22)23)21(11-12-26-19)27(24,25)16-9-5-14(6-10-16)13-3-7-15(20)8-4-13/h3-10,17H,11-12H2,1-2H3,(H,22,23). The summed E-state index contributed by atoms with van der Waals surface area (Å²) in [5.74, 6) is -0.560. The molecule has 0 spiro atoms. The van der Waals surface area contributed by atoms with Crippen LogP contribution < -0.4 is 0 Å². The number of nitrogens with zero attached hydrogens (tertiary/aromatic N) is 1. The van der Waals surface area contributed by atoms with Gasteiger partial charge in [0, 0.05) is 21.5 Å². The first-order valence-electron chi connectivity index (χ1n) is 8.37. The van der Waals surface area contributed by atoms with Crippen LogP contribution in [0.15, 0.2) is 57.9 Å². The van der Waals surface area contributed by atoms with E-state index in [1.165, 1.54) is 11.8 Å². The van der Waals surface area contributed by atoms with Crippen molar-refractivity contribution in [1.82, 2.24) is 4.31 Å². The molecule has 27 heavy (non-hydrogen) atoms. The van der Waals surface area contributed by atoms with Crippen LogP contribution in [0.1, 0.15) is 13.8 Å². The number of sulfonamides is 1. The van der Waals surface area contributed by atoms with Crippen molar-refractivity contribution >= 4 is 43.7 Å². The Hall–Kier alpha value is -1.35. The zero-order valence-electron chi connectivity index (χ0n) is 14.9. The van der Waals surface area contributed by atoms with Crippen molar-refractivity contribution in [1.29, 1.82) is 0 Å². The minimum Gasteiger partial charge on any atom is -0.480 e. The lowest BCUT2D eigenvalue weighted by atomic mass is 10.0. The van der Waals surface area contributed by atoms with E-state index in [1.807, 2.05) is 24.3 Å². The van der Waals surface area contributed by atoms with E-state index in [1.54, 1.807) is 38.1 Å². The van der Waals surface area contributed by atoms with Crippen LogP contribution in [-0.4, -0.2) is 46.9 Å². The predicted molar refractivity (Wildman–Crippen MR) is 111 cm³/mol. The number of aliphatic carboxylic acids is 1. The van der Waals surface area contributed by atoms with Crippen LogP contribution in [0.4, 0.5) is 0 Å². The van der Waals surface area contributed by atoms with Crippen molar-refractivity contribution in [3.63, 3.8) is 0 Å². The summed E-state index contributed by atoms with van der Waals surface area (Å²) in [6.07, 6.45) is 0. The summed E-state index contributed by atoms with van der Waals surface area (Å²) in [6, 6.07) is 13.2. The fourth-order valence-corrected chi connectivity index (χ4v) is 6.59. The van der Waals surface area contributed by atoms with Crippen LogP contribution in [0.3, 0.4) is 0 Å². The predicted octanol–water partition coefficient (Wildman–Crippen LogP) is 4.09. The van der Waals surface area contributed by atoms with Gasteiger partial charge >= 0.3 is 5.97 Å². The largest absolute Gasteiger partial charge is 0.480 e. The van der Waals surface area contributed by atoms with Gasteiger partial charge in [0.2, 0.25) is 10.0 Å². The van der Waals surface area contributed by atoms with Crippen molar-refractivity contribution in [2.24, 2.45) is 0 Å². The molecular formula is C19H20BrNO4S2. The van der Waals surface area contributed by atoms with Gasteiger partial charge in [-0.2, -0.15) is 16.1 Å². The maximum Gasteiger partial charge on any atom is 0.323 e. The van der Waals surface area contributed by atoms with E-state index in [4.69, 9.17) is 0 Å². The molecule has 1 N–H and O–H groups in total. The number of hydrogen-bond acceptors (Lipinski definition) is 4. The molecule has 0 bridgehead atoms. The van der Waals surface area contributed by atoms with Crippen molar-refractivity contribution in [3.8, 4) is 11.1 Å². The van der Waals surface area contributed by atoms with Gasteiger partial charge in [0.15, 0.2) is 0 Å². The second-order valence-corrected chi connectivity index (χ2v) is 11.4. The molecule has 1 unspecified atom stereocenters. The molecule has 1 aliphatic rings. The maximum atomic E-state index is 13.1. The molecule has 5 nitrogen and oxygen atoms in total. The molecule has 2 aromatic carbocycles. The fraction of sp³-hybridized carbons (Fsp3) is 0.316. The van der Waals surface area contributed by atoms with Crippen molar-refractivity contribution < 1.29 is 18.3 Å². The Kier molecular flexibility index (Phi) is 5.72. The van der Waals surface area contributed by atoms with Crippen LogP contribution in [0.2, 0.25) is 0 Å². The molecule has 144 valence electrons. The van der Waals surface area contributed by atoms with Gasteiger partial charge in [0.05, 0.1) is 4.90 Å². The first kappa shape index (κ1) is 20.4. The topological polar surface area (TPSA) is 74.7 Å². The summed E-state index contributed by atoms with van der Waals surface area (Å²) in [6.45, 7) is 3.73.